The Hall–Kier alpha value is -3.22. The van der Waals surface area contributed by atoms with Crippen molar-refractivity contribution in [2.75, 3.05) is 34.4 Å². The Morgan fingerprint density at radius 2 is 1.17 bits per heavy atom. The molecule has 0 amide bonds. The summed E-state index contributed by atoms with van der Waals surface area (Å²) in [6.07, 6.45) is 16.5. The second-order valence-electron chi connectivity index (χ2n) is 15.2. The van der Waals surface area contributed by atoms with Gasteiger partial charge < -0.3 is 11.2 Å². The normalized spacial score (nSPS) is 18.8. The predicted molar refractivity (Wildman–Crippen MR) is 220 cm³/mol. The van der Waals surface area contributed by atoms with Crippen molar-refractivity contribution in [1.82, 2.24) is 0 Å². The van der Waals surface area contributed by atoms with Gasteiger partial charge in [0.1, 0.15) is 0 Å². The first-order valence-electron chi connectivity index (χ1n) is 18.3. The van der Waals surface area contributed by atoms with Crippen molar-refractivity contribution in [1.29, 1.82) is 0 Å². The standard InChI is InChI=1S/C43H50N2O6S2.Na.H/c1-42(2)38(44(28-14-16-30-52(46,47)48)36-26-24-32-18-10-12-20-34(32)40(36)42)22-8-6-5-7-9-23-39-43(3,4)41-35-21-13-11-19-33(35)25-27-37(41)45(39)29-15-17-31-53(49,50)51;;/h5-13,18-27,38H,14-17,28-31H2,1-4H3,(H,46,47,48)(H,49,50,51);;/q;+1;-1/b6-5+,9-7+,22-8+,39-23+;;. The zero-order chi connectivity index (χ0) is 38.0. The number of hydrogen-bond donors (Lipinski definition) is 2. The Morgan fingerprint density at radius 1 is 0.648 bits per heavy atom. The molecule has 0 spiro atoms. The van der Waals surface area contributed by atoms with Crippen LogP contribution in [0.1, 0.15) is 65.9 Å². The Morgan fingerprint density at radius 3 is 1.78 bits per heavy atom. The molecule has 6 rings (SSSR count). The molecule has 11 heteroatoms. The molecule has 0 bridgehead atoms. The van der Waals surface area contributed by atoms with Gasteiger partial charge in [0.2, 0.25) is 0 Å². The van der Waals surface area contributed by atoms with Crippen molar-refractivity contribution in [2.24, 2.45) is 0 Å². The number of benzene rings is 4. The van der Waals surface area contributed by atoms with E-state index in [1.54, 1.807) is 0 Å². The van der Waals surface area contributed by atoms with E-state index in [9.17, 15) is 25.9 Å². The molecule has 2 heterocycles. The molecule has 2 aliphatic rings. The average molecular weight is 779 g/mol. The number of allylic oxidation sites excluding steroid dienone is 7. The number of rotatable bonds is 14. The van der Waals surface area contributed by atoms with Gasteiger partial charge in [0, 0.05) is 41.0 Å². The van der Waals surface area contributed by atoms with Gasteiger partial charge in [-0.15, -0.1) is 0 Å². The van der Waals surface area contributed by atoms with Crippen LogP contribution in [0.15, 0.2) is 121 Å². The van der Waals surface area contributed by atoms with Gasteiger partial charge in [-0.25, -0.2) is 0 Å². The fourth-order valence-corrected chi connectivity index (χ4v) is 9.51. The minimum atomic E-state index is -4.01. The number of nitrogens with zero attached hydrogens (tertiary/aromatic N) is 2. The van der Waals surface area contributed by atoms with Crippen LogP contribution in [0.25, 0.3) is 21.5 Å². The maximum Gasteiger partial charge on any atom is 1.00 e. The molecule has 2 aliphatic heterocycles. The van der Waals surface area contributed by atoms with Crippen LogP contribution >= 0.6 is 0 Å². The van der Waals surface area contributed by atoms with Crippen LogP contribution < -0.4 is 39.4 Å². The summed E-state index contributed by atoms with van der Waals surface area (Å²) < 4.78 is 64.1. The van der Waals surface area contributed by atoms with E-state index < -0.39 is 20.2 Å². The van der Waals surface area contributed by atoms with E-state index in [4.69, 9.17) is 0 Å². The van der Waals surface area contributed by atoms with Crippen molar-refractivity contribution < 1.29 is 56.9 Å². The van der Waals surface area contributed by atoms with Crippen LogP contribution in [0.3, 0.4) is 0 Å². The van der Waals surface area contributed by atoms with Gasteiger partial charge in [0.25, 0.3) is 20.2 Å². The molecule has 4 aromatic carbocycles. The molecule has 0 radical (unpaired) electrons. The zero-order valence-electron chi connectivity index (χ0n) is 32.9. The third-order valence-corrected chi connectivity index (χ3v) is 12.4. The average Bonchev–Trinajstić information content (AvgIpc) is 3.45. The molecule has 0 aliphatic carbocycles. The van der Waals surface area contributed by atoms with Crippen molar-refractivity contribution in [3.05, 3.63) is 132 Å². The van der Waals surface area contributed by atoms with E-state index >= 15 is 0 Å². The molecular formula is C43H51N2NaO6S2. The van der Waals surface area contributed by atoms with Gasteiger partial charge in [-0.05, 0) is 76.6 Å². The molecule has 0 saturated heterocycles. The van der Waals surface area contributed by atoms with Crippen LogP contribution in [-0.4, -0.2) is 56.6 Å². The molecule has 1 atom stereocenters. The van der Waals surface area contributed by atoms with Crippen molar-refractivity contribution in [2.45, 2.75) is 70.3 Å². The van der Waals surface area contributed by atoms with Crippen LogP contribution in [0.4, 0.5) is 11.4 Å². The van der Waals surface area contributed by atoms with Gasteiger partial charge in [-0.2, -0.15) is 16.8 Å². The summed E-state index contributed by atoms with van der Waals surface area (Å²) in [5, 5.41) is 4.79. The summed E-state index contributed by atoms with van der Waals surface area (Å²) in [4.78, 5) is 4.65. The maximum atomic E-state index is 11.4. The van der Waals surface area contributed by atoms with Crippen LogP contribution in [0.2, 0.25) is 0 Å². The van der Waals surface area contributed by atoms with Crippen LogP contribution in [0, 0.1) is 0 Å². The smallest absolute Gasteiger partial charge is 1.00 e. The summed E-state index contributed by atoms with van der Waals surface area (Å²) in [6, 6.07) is 25.5. The second kappa shape index (κ2) is 16.9. The molecule has 0 aromatic heterocycles. The Balaban J connectivity index is 0.00000336. The minimum Gasteiger partial charge on any atom is -1.00 e. The Kier molecular flexibility index (Phi) is 13.1. The number of anilines is 2. The van der Waals surface area contributed by atoms with Crippen molar-refractivity contribution >= 4 is 53.2 Å². The summed E-state index contributed by atoms with van der Waals surface area (Å²) in [6.45, 7) is 10.3. The van der Waals surface area contributed by atoms with Gasteiger partial charge in [-0.3, -0.25) is 9.11 Å². The third kappa shape index (κ3) is 9.07. The Labute approximate surface area is 344 Å². The van der Waals surface area contributed by atoms with Gasteiger partial charge in [0.05, 0.1) is 17.5 Å². The van der Waals surface area contributed by atoms with E-state index in [-0.39, 0.29) is 59.4 Å². The number of fused-ring (bicyclic) bond motifs is 6. The number of unbranched alkanes of at least 4 members (excludes halogenated alkanes) is 2. The van der Waals surface area contributed by atoms with E-state index in [0.29, 0.717) is 38.8 Å². The minimum absolute atomic E-state index is 0. The Bertz CT molecular complexity index is 2350. The molecule has 2 N–H and O–H groups in total. The molecular weight excluding hydrogens is 728 g/mol. The topological polar surface area (TPSA) is 115 Å². The predicted octanol–water partition coefficient (Wildman–Crippen LogP) is 6.26. The summed E-state index contributed by atoms with van der Waals surface area (Å²) >= 11 is 0. The van der Waals surface area contributed by atoms with Crippen LogP contribution in [-0.2, 0) is 31.1 Å². The summed E-state index contributed by atoms with van der Waals surface area (Å²) in [7, 11) is -8.01. The summed E-state index contributed by atoms with van der Waals surface area (Å²) in [5.41, 5.74) is 5.41. The van der Waals surface area contributed by atoms with Gasteiger partial charge in [0.15, 0.2) is 0 Å². The molecule has 54 heavy (non-hydrogen) atoms. The first-order chi connectivity index (χ1) is 25.1. The quantitative estimate of drug-likeness (QED) is 0.0668. The molecule has 8 nitrogen and oxygen atoms in total. The van der Waals surface area contributed by atoms with Crippen molar-refractivity contribution in [3.8, 4) is 0 Å². The third-order valence-electron chi connectivity index (χ3n) is 10.8. The first-order valence-corrected chi connectivity index (χ1v) is 21.5. The fraction of sp³-hybridized carbons (Fsp3) is 0.349. The second-order valence-corrected chi connectivity index (χ2v) is 18.3. The maximum absolute atomic E-state index is 11.4. The zero-order valence-corrected chi connectivity index (χ0v) is 35.6. The molecule has 282 valence electrons. The van der Waals surface area contributed by atoms with Crippen molar-refractivity contribution in [3.63, 3.8) is 0 Å². The van der Waals surface area contributed by atoms with Crippen LogP contribution in [0.5, 0.6) is 0 Å². The van der Waals surface area contributed by atoms with E-state index in [1.807, 2.05) is 30.4 Å². The van der Waals surface area contributed by atoms with Gasteiger partial charge >= 0.3 is 29.6 Å². The molecule has 4 aromatic rings. The SMILES string of the molecule is CC1(C)\C(=C/C=C/C=C/C=C/C2N(CCCCS(=O)(=O)O)c3ccc4ccccc4c3C2(C)C)N(CCCCS(=O)(=O)O)c2ccc3ccccc3c21.[H-].[Na+]. The molecule has 1 unspecified atom stereocenters. The monoisotopic (exact) mass is 778 g/mol. The first kappa shape index (κ1) is 41.9. The van der Waals surface area contributed by atoms with E-state index in [2.05, 4.69) is 122 Å². The number of hydrogen-bond acceptors (Lipinski definition) is 6. The largest absolute Gasteiger partial charge is 1.00 e. The van der Waals surface area contributed by atoms with E-state index in [1.165, 1.54) is 32.7 Å². The molecule has 0 fully saturated rings. The molecule has 0 saturated carbocycles. The fourth-order valence-electron chi connectivity index (χ4n) is 8.37. The summed E-state index contributed by atoms with van der Waals surface area (Å²) in [5.74, 6) is -0.495. The van der Waals surface area contributed by atoms with E-state index in [0.717, 1.165) is 17.1 Å². The van der Waals surface area contributed by atoms with Gasteiger partial charge in [-0.1, -0.05) is 125 Å².